The highest BCUT2D eigenvalue weighted by Crippen LogP contribution is 2.27. The Kier molecular flexibility index (Phi) is 4.19. The van der Waals surface area contributed by atoms with Crippen LogP contribution in [0.5, 0.6) is 0 Å². The Balaban J connectivity index is 2.69. The second-order valence-corrected chi connectivity index (χ2v) is 7.23. The summed E-state index contributed by atoms with van der Waals surface area (Å²) in [6.45, 7) is 4.10. The number of sulfone groups is 1. The first-order valence-corrected chi connectivity index (χ1v) is 7.81. The molecule has 1 heterocycles. The van der Waals surface area contributed by atoms with Gasteiger partial charge < -0.3 is 9.64 Å². The van der Waals surface area contributed by atoms with Crippen molar-refractivity contribution in [2.75, 3.05) is 25.7 Å². The van der Waals surface area contributed by atoms with Crippen LogP contribution in [0.15, 0.2) is 0 Å². The lowest BCUT2D eigenvalue weighted by atomic mass is 10.0. The van der Waals surface area contributed by atoms with Crippen LogP contribution < -0.4 is 0 Å². The van der Waals surface area contributed by atoms with E-state index in [1.807, 2.05) is 0 Å². The van der Waals surface area contributed by atoms with Crippen molar-refractivity contribution in [2.24, 2.45) is 0 Å². The molecule has 0 aromatic rings. The maximum absolute atomic E-state index is 12.2. The number of hydrogen-bond donors (Lipinski definition) is 0. The van der Waals surface area contributed by atoms with Crippen molar-refractivity contribution in [1.29, 1.82) is 0 Å². The molecule has 0 N–H and O–H groups in total. The molecule has 0 bridgehead atoms. The molecule has 2 unspecified atom stereocenters. The molecule has 0 aromatic carbocycles. The molecule has 1 aliphatic heterocycles. The van der Waals surface area contributed by atoms with E-state index >= 15 is 0 Å². The van der Waals surface area contributed by atoms with Gasteiger partial charge in [-0.05, 0) is 26.7 Å². The van der Waals surface area contributed by atoms with Crippen LogP contribution in [0.1, 0.15) is 26.7 Å². The summed E-state index contributed by atoms with van der Waals surface area (Å²) in [4.78, 5) is 13.7. The van der Waals surface area contributed by atoms with Gasteiger partial charge in [0.15, 0.2) is 0 Å². The zero-order chi connectivity index (χ0) is 13.3. The second-order valence-electron chi connectivity index (χ2n) is 5.04. The summed E-state index contributed by atoms with van der Waals surface area (Å²) in [5.41, 5.74) is -0.777. The van der Waals surface area contributed by atoms with Crippen molar-refractivity contribution >= 4 is 15.7 Å². The summed E-state index contributed by atoms with van der Waals surface area (Å²) < 4.78 is 27.9. The van der Waals surface area contributed by atoms with Gasteiger partial charge in [-0.1, -0.05) is 0 Å². The van der Waals surface area contributed by atoms with E-state index in [9.17, 15) is 13.2 Å². The first-order chi connectivity index (χ1) is 7.66. The Morgan fingerprint density at radius 1 is 1.53 bits per heavy atom. The van der Waals surface area contributed by atoms with Crippen LogP contribution in [0, 0.1) is 0 Å². The molecule has 0 radical (unpaired) electrons. The zero-order valence-electron chi connectivity index (χ0n) is 10.9. The number of likely N-dealkylation sites (N-methyl/N-ethyl adjacent to an activating group) is 1. The molecule has 5 nitrogen and oxygen atoms in total. The Labute approximate surface area is 103 Å². The van der Waals surface area contributed by atoms with Crippen LogP contribution >= 0.6 is 0 Å². The number of carbonyl (C=O) groups excluding carboxylic acids is 1. The topological polar surface area (TPSA) is 63.7 Å². The standard InChI is InChI=1S/C11H21NO4S/c1-9(8-17(4,14)15)12(3)10(13)11(2)6-5-7-16-11/h9H,5-8H2,1-4H3. The predicted octanol–water partition coefficient (Wildman–Crippen LogP) is 0.447. The van der Waals surface area contributed by atoms with Gasteiger partial charge in [-0.25, -0.2) is 8.42 Å². The minimum absolute atomic E-state index is 0.0225. The fourth-order valence-electron chi connectivity index (χ4n) is 2.07. The SMILES string of the molecule is CC(CS(C)(=O)=O)N(C)C(=O)C1(C)CCCO1. The van der Waals surface area contributed by atoms with Gasteiger partial charge in [0.1, 0.15) is 15.4 Å². The average molecular weight is 263 g/mol. The minimum Gasteiger partial charge on any atom is -0.365 e. The van der Waals surface area contributed by atoms with Gasteiger partial charge in [-0.15, -0.1) is 0 Å². The third kappa shape index (κ3) is 3.67. The molecular formula is C11H21NO4S. The van der Waals surface area contributed by atoms with Crippen LogP contribution in [0.25, 0.3) is 0 Å². The van der Waals surface area contributed by atoms with E-state index in [0.717, 1.165) is 6.42 Å². The lowest BCUT2D eigenvalue weighted by molar-refractivity contribution is -0.151. The van der Waals surface area contributed by atoms with Crippen molar-refractivity contribution in [3.63, 3.8) is 0 Å². The van der Waals surface area contributed by atoms with Crippen molar-refractivity contribution in [3.8, 4) is 0 Å². The molecule has 0 saturated carbocycles. The van der Waals surface area contributed by atoms with Crippen LogP contribution in [-0.4, -0.2) is 56.5 Å². The molecule has 0 aromatic heterocycles. The average Bonchev–Trinajstić information content (AvgIpc) is 2.61. The molecule has 1 rings (SSSR count). The lowest BCUT2D eigenvalue weighted by Gasteiger charge is -2.32. The van der Waals surface area contributed by atoms with Gasteiger partial charge in [0, 0.05) is 26.0 Å². The molecule has 1 amide bonds. The van der Waals surface area contributed by atoms with Crippen molar-refractivity contribution in [2.45, 2.75) is 38.3 Å². The van der Waals surface area contributed by atoms with E-state index in [4.69, 9.17) is 4.74 Å². The number of ether oxygens (including phenoxy) is 1. The van der Waals surface area contributed by atoms with Crippen molar-refractivity contribution in [1.82, 2.24) is 4.90 Å². The monoisotopic (exact) mass is 263 g/mol. The summed E-state index contributed by atoms with van der Waals surface area (Å²) in [7, 11) is -1.45. The van der Waals surface area contributed by atoms with Gasteiger partial charge in [0.05, 0.1) is 5.75 Å². The van der Waals surface area contributed by atoms with Crippen molar-refractivity contribution < 1.29 is 17.9 Å². The van der Waals surface area contributed by atoms with Gasteiger partial charge in [-0.2, -0.15) is 0 Å². The smallest absolute Gasteiger partial charge is 0.254 e. The van der Waals surface area contributed by atoms with Crippen LogP contribution in [0.4, 0.5) is 0 Å². The quantitative estimate of drug-likeness (QED) is 0.738. The molecule has 1 fully saturated rings. The summed E-state index contributed by atoms with van der Waals surface area (Å²) in [6, 6.07) is -0.335. The molecule has 6 heteroatoms. The summed E-state index contributed by atoms with van der Waals surface area (Å²) in [6.07, 6.45) is 2.74. The van der Waals surface area contributed by atoms with Gasteiger partial charge >= 0.3 is 0 Å². The van der Waals surface area contributed by atoms with E-state index in [2.05, 4.69) is 0 Å². The highest BCUT2D eigenvalue weighted by atomic mass is 32.2. The zero-order valence-corrected chi connectivity index (χ0v) is 11.7. The Morgan fingerprint density at radius 3 is 2.53 bits per heavy atom. The van der Waals surface area contributed by atoms with Gasteiger partial charge in [-0.3, -0.25) is 4.79 Å². The van der Waals surface area contributed by atoms with E-state index < -0.39 is 15.4 Å². The summed E-state index contributed by atoms with van der Waals surface area (Å²) >= 11 is 0. The summed E-state index contributed by atoms with van der Waals surface area (Å²) in [5.74, 6) is -0.156. The maximum Gasteiger partial charge on any atom is 0.254 e. The van der Waals surface area contributed by atoms with Crippen LogP contribution in [0.3, 0.4) is 0 Å². The molecule has 2 atom stereocenters. The first-order valence-electron chi connectivity index (χ1n) is 5.75. The fourth-order valence-corrected chi connectivity index (χ4v) is 3.17. The molecular weight excluding hydrogens is 242 g/mol. The van der Waals surface area contributed by atoms with E-state index in [1.165, 1.54) is 11.2 Å². The fraction of sp³-hybridized carbons (Fsp3) is 0.909. The highest BCUT2D eigenvalue weighted by molar-refractivity contribution is 7.90. The maximum atomic E-state index is 12.2. The summed E-state index contributed by atoms with van der Waals surface area (Å²) in [5, 5.41) is 0. The predicted molar refractivity (Wildman–Crippen MR) is 65.5 cm³/mol. The highest BCUT2D eigenvalue weighted by Gasteiger charge is 2.40. The molecule has 0 spiro atoms. The normalized spacial score (nSPS) is 26.8. The number of hydrogen-bond acceptors (Lipinski definition) is 4. The van der Waals surface area contributed by atoms with E-state index in [1.54, 1.807) is 20.9 Å². The Morgan fingerprint density at radius 2 is 2.12 bits per heavy atom. The minimum atomic E-state index is -3.08. The first kappa shape index (κ1) is 14.4. The molecule has 100 valence electrons. The van der Waals surface area contributed by atoms with Crippen molar-refractivity contribution in [3.05, 3.63) is 0 Å². The largest absolute Gasteiger partial charge is 0.365 e. The van der Waals surface area contributed by atoms with E-state index in [0.29, 0.717) is 13.0 Å². The van der Waals surface area contributed by atoms with E-state index in [-0.39, 0.29) is 17.7 Å². The molecule has 1 saturated heterocycles. The van der Waals surface area contributed by atoms with Crippen LogP contribution in [-0.2, 0) is 19.4 Å². The van der Waals surface area contributed by atoms with Crippen LogP contribution in [0.2, 0.25) is 0 Å². The lowest BCUT2D eigenvalue weighted by Crippen LogP contribution is -2.49. The molecule has 0 aliphatic carbocycles. The third-order valence-electron chi connectivity index (χ3n) is 3.20. The number of nitrogens with zero attached hydrogens (tertiary/aromatic N) is 1. The molecule has 1 aliphatic rings. The Hall–Kier alpha value is -0.620. The Bertz CT molecular complexity index is 384. The van der Waals surface area contributed by atoms with Gasteiger partial charge in [0.2, 0.25) is 0 Å². The number of carbonyl (C=O) groups is 1. The number of amides is 1. The third-order valence-corrected chi connectivity index (χ3v) is 4.28. The number of rotatable bonds is 4. The second kappa shape index (κ2) is 4.94. The molecule has 17 heavy (non-hydrogen) atoms. The van der Waals surface area contributed by atoms with Gasteiger partial charge in [0.25, 0.3) is 5.91 Å².